The summed E-state index contributed by atoms with van der Waals surface area (Å²) in [7, 11) is 0. The van der Waals surface area contributed by atoms with Crippen LogP contribution in [0.2, 0.25) is 0 Å². The zero-order valence-corrected chi connectivity index (χ0v) is 34.5. The Hall–Kier alpha value is -1.96. The predicted molar refractivity (Wildman–Crippen MR) is 217 cm³/mol. The van der Waals surface area contributed by atoms with Crippen molar-refractivity contribution >= 4 is 52.9 Å². The molecule has 0 saturated heterocycles. The van der Waals surface area contributed by atoms with Crippen molar-refractivity contribution in [2.24, 2.45) is 0 Å². The van der Waals surface area contributed by atoms with Gasteiger partial charge in [-0.15, -0.1) is 0 Å². The van der Waals surface area contributed by atoms with Gasteiger partial charge in [-0.05, 0) is 77.0 Å². The topological polar surface area (TPSA) is 88.1 Å². The number of carbonyl (C=O) groups excluding carboxylic acids is 3. The monoisotopic (exact) mass is 790 g/mol. The number of hydrogen-bond donors (Lipinski definition) is 0. The molecule has 0 N–H and O–H groups in total. The van der Waals surface area contributed by atoms with Gasteiger partial charge in [0.2, 0.25) is 3.79 Å². The average Bonchev–Trinajstić information content (AvgIpc) is 3.11. The Morgan fingerprint density at radius 2 is 0.904 bits per heavy atom. The Morgan fingerprint density at radius 3 is 1.37 bits per heavy atom. The second kappa shape index (κ2) is 37.4. The summed E-state index contributed by atoms with van der Waals surface area (Å²) in [4.78, 5) is 36.9. The van der Waals surface area contributed by atoms with E-state index in [1.54, 1.807) is 0 Å². The number of halogens is 3. The van der Waals surface area contributed by atoms with Crippen LogP contribution < -0.4 is 0 Å². The van der Waals surface area contributed by atoms with Crippen molar-refractivity contribution in [2.75, 3.05) is 19.8 Å². The van der Waals surface area contributed by atoms with Crippen molar-refractivity contribution in [2.45, 2.75) is 178 Å². The highest BCUT2D eigenvalue weighted by Crippen LogP contribution is 2.26. The predicted octanol–water partition coefficient (Wildman–Crippen LogP) is 13.6. The van der Waals surface area contributed by atoms with E-state index in [0.29, 0.717) is 12.8 Å². The van der Waals surface area contributed by atoms with E-state index in [-0.39, 0.29) is 32.0 Å². The molecule has 7 nitrogen and oxygen atoms in total. The lowest BCUT2D eigenvalue weighted by molar-refractivity contribution is -0.162. The quantitative estimate of drug-likeness (QED) is 0.0211. The summed E-state index contributed by atoms with van der Waals surface area (Å²) < 4.78 is 18.9. The van der Waals surface area contributed by atoms with Gasteiger partial charge in [0.15, 0.2) is 6.10 Å². The Labute approximate surface area is 331 Å². The van der Waals surface area contributed by atoms with Gasteiger partial charge in [0.05, 0.1) is 0 Å². The smallest absolute Gasteiger partial charge is 0.462 e. The van der Waals surface area contributed by atoms with E-state index in [4.69, 9.17) is 53.8 Å². The summed E-state index contributed by atoms with van der Waals surface area (Å²) in [6.07, 6.45) is 40.3. The van der Waals surface area contributed by atoms with E-state index in [1.807, 2.05) is 0 Å². The maximum atomic E-state index is 12.6. The summed E-state index contributed by atoms with van der Waals surface area (Å²) in [6, 6.07) is 0. The van der Waals surface area contributed by atoms with Gasteiger partial charge in [-0.1, -0.05) is 161 Å². The molecular formula is C42H69Cl3O7. The zero-order valence-electron chi connectivity index (χ0n) is 32.3. The van der Waals surface area contributed by atoms with Crippen molar-refractivity contribution in [1.82, 2.24) is 0 Å². The van der Waals surface area contributed by atoms with Crippen molar-refractivity contribution < 1.29 is 33.3 Å². The number of carbonyl (C=O) groups is 3. The van der Waals surface area contributed by atoms with Gasteiger partial charge in [-0.2, -0.15) is 0 Å². The Morgan fingerprint density at radius 1 is 0.500 bits per heavy atom. The third-order valence-electron chi connectivity index (χ3n) is 8.13. The minimum Gasteiger partial charge on any atom is -0.462 e. The SMILES string of the molecule is CCCCC/C=C\C/C=C\CCCCCCCC(=O)OC[C@H](COC(=O)OCC(Cl)(Cl)Cl)OC(=O)CCCCCCC/C=C\C/C=C\CCCCC. The standard InChI is InChI=1S/C42H69Cl3O7/c1-3-5-7-9-11-13-15-17-19-21-23-25-27-29-31-33-39(46)49-35-38(36-50-41(48)51-37-42(43,44)45)52-40(47)34-32-30-28-26-24-22-20-18-16-14-12-10-8-6-4-2/h11-14,17-20,38H,3-10,15-16,21-37H2,1-2H3/b13-11-,14-12-,19-17-,20-18-/t38-/m1/s1. The van der Waals surface area contributed by atoms with E-state index >= 15 is 0 Å². The molecule has 0 saturated carbocycles. The fraction of sp³-hybridized carbons (Fsp3) is 0.738. The van der Waals surface area contributed by atoms with Crippen LogP contribution in [-0.2, 0) is 28.5 Å². The molecule has 0 heterocycles. The van der Waals surface area contributed by atoms with Crippen molar-refractivity contribution in [3.63, 3.8) is 0 Å². The fourth-order valence-corrected chi connectivity index (χ4v) is 5.29. The van der Waals surface area contributed by atoms with Crippen molar-refractivity contribution in [1.29, 1.82) is 0 Å². The van der Waals surface area contributed by atoms with E-state index in [0.717, 1.165) is 77.0 Å². The van der Waals surface area contributed by atoms with Crippen molar-refractivity contribution in [3.8, 4) is 0 Å². The molecule has 0 amide bonds. The average molecular weight is 792 g/mol. The summed E-state index contributed by atoms with van der Waals surface area (Å²) in [5.74, 6) is -0.835. The second-order valence-corrected chi connectivity index (χ2v) is 15.7. The molecule has 0 fully saturated rings. The summed E-state index contributed by atoms with van der Waals surface area (Å²) in [5.41, 5.74) is 0. The molecule has 0 spiro atoms. The highest BCUT2D eigenvalue weighted by Gasteiger charge is 2.24. The van der Waals surface area contributed by atoms with Gasteiger partial charge in [-0.25, -0.2) is 4.79 Å². The highest BCUT2D eigenvalue weighted by molar-refractivity contribution is 6.67. The molecule has 300 valence electrons. The number of ether oxygens (including phenoxy) is 4. The molecule has 0 bridgehead atoms. The molecule has 0 aromatic heterocycles. The molecular weight excluding hydrogens is 723 g/mol. The van der Waals surface area contributed by atoms with Gasteiger partial charge in [-0.3, -0.25) is 9.59 Å². The van der Waals surface area contributed by atoms with Crippen LogP contribution in [-0.4, -0.2) is 47.8 Å². The minimum atomic E-state index is -1.79. The van der Waals surface area contributed by atoms with E-state index in [2.05, 4.69) is 62.5 Å². The van der Waals surface area contributed by atoms with E-state index in [1.165, 1.54) is 51.4 Å². The molecule has 0 aromatic rings. The van der Waals surface area contributed by atoms with Crippen LogP contribution in [0.1, 0.15) is 168 Å². The first kappa shape index (κ1) is 50.0. The van der Waals surface area contributed by atoms with Crippen LogP contribution in [0.4, 0.5) is 4.79 Å². The number of hydrogen-bond acceptors (Lipinski definition) is 7. The lowest BCUT2D eigenvalue weighted by atomic mass is 10.1. The van der Waals surface area contributed by atoms with Crippen LogP contribution in [0.15, 0.2) is 48.6 Å². The second-order valence-electron chi connectivity index (χ2n) is 13.2. The number of rotatable bonds is 34. The molecule has 0 unspecified atom stereocenters. The maximum Gasteiger partial charge on any atom is 0.508 e. The summed E-state index contributed by atoms with van der Waals surface area (Å²) in [5, 5.41) is 0. The van der Waals surface area contributed by atoms with Crippen LogP contribution in [0.5, 0.6) is 0 Å². The number of esters is 2. The number of unbranched alkanes of at least 4 members (excludes halogenated alkanes) is 16. The van der Waals surface area contributed by atoms with Gasteiger partial charge < -0.3 is 18.9 Å². The van der Waals surface area contributed by atoms with Crippen LogP contribution in [0.3, 0.4) is 0 Å². The third-order valence-corrected chi connectivity index (χ3v) is 8.46. The van der Waals surface area contributed by atoms with Crippen molar-refractivity contribution in [3.05, 3.63) is 48.6 Å². The summed E-state index contributed by atoms with van der Waals surface area (Å²) in [6.45, 7) is 3.35. The molecule has 0 aliphatic carbocycles. The first-order valence-corrected chi connectivity index (χ1v) is 21.1. The largest absolute Gasteiger partial charge is 0.508 e. The fourth-order valence-electron chi connectivity index (χ4n) is 5.12. The van der Waals surface area contributed by atoms with Gasteiger partial charge in [0, 0.05) is 12.8 Å². The van der Waals surface area contributed by atoms with Gasteiger partial charge >= 0.3 is 18.1 Å². The first-order valence-electron chi connectivity index (χ1n) is 20.0. The normalized spacial score (nSPS) is 12.7. The molecule has 0 aliphatic heterocycles. The summed E-state index contributed by atoms with van der Waals surface area (Å²) >= 11 is 16.8. The van der Waals surface area contributed by atoms with E-state index in [9.17, 15) is 14.4 Å². The highest BCUT2D eigenvalue weighted by atomic mass is 35.6. The third kappa shape index (κ3) is 39.3. The Balaban J connectivity index is 4.29. The number of allylic oxidation sites excluding steroid dienone is 8. The lowest BCUT2D eigenvalue weighted by Crippen LogP contribution is -2.31. The van der Waals surface area contributed by atoms with E-state index < -0.39 is 28.6 Å². The van der Waals surface area contributed by atoms with Crippen LogP contribution in [0, 0.1) is 0 Å². The first-order chi connectivity index (χ1) is 25.2. The molecule has 52 heavy (non-hydrogen) atoms. The zero-order chi connectivity index (χ0) is 38.4. The van der Waals surface area contributed by atoms with Crippen LogP contribution >= 0.6 is 34.8 Å². The molecule has 0 aliphatic rings. The number of alkyl halides is 3. The van der Waals surface area contributed by atoms with Gasteiger partial charge in [0.1, 0.15) is 19.8 Å². The van der Waals surface area contributed by atoms with Gasteiger partial charge in [0.25, 0.3) is 0 Å². The minimum absolute atomic E-state index is 0.221. The Kier molecular flexibility index (Phi) is 36.0. The maximum absolute atomic E-state index is 12.6. The lowest BCUT2D eigenvalue weighted by Gasteiger charge is -2.18. The molecule has 1 atom stereocenters. The molecule has 0 rings (SSSR count). The molecule has 0 aromatic carbocycles. The van der Waals surface area contributed by atoms with Crippen LogP contribution in [0.25, 0.3) is 0 Å². The molecule has 10 heteroatoms. The molecule has 0 radical (unpaired) electrons. The Bertz CT molecular complexity index is 989.